The third-order valence-corrected chi connectivity index (χ3v) is 3.77. The predicted molar refractivity (Wildman–Crippen MR) is 83.7 cm³/mol. The Morgan fingerprint density at radius 3 is 2.90 bits per heavy atom. The lowest BCUT2D eigenvalue weighted by molar-refractivity contribution is 0.134. The molecule has 2 aromatic rings. The van der Waals surface area contributed by atoms with Crippen LogP contribution in [0.5, 0.6) is 0 Å². The number of aryl methyl sites for hydroxylation is 1. The zero-order valence-electron chi connectivity index (χ0n) is 13.0. The molecule has 0 bridgehead atoms. The molecule has 3 rings (SSSR count). The summed E-state index contributed by atoms with van der Waals surface area (Å²) in [6.45, 7) is 7.77. The van der Waals surface area contributed by atoms with Crippen molar-refractivity contribution in [1.29, 1.82) is 0 Å². The van der Waals surface area contributed by atoms with Gasteiger partial charge in [-0.2, -0.15) is 5.10 Å². The van der Waals surface area contributed by atoms with Gasteiger partial charge in [0.25, 0.3) is 0 Å². The Bertz CT molecular complexity index is 631. The summed E-state index contributed by atoms with van der Waals surface area (Å²) in [5.74, 6) is 0.655. The van der Waals surface area contributed by atoms with Crippen LogP contribution >= 0.6 is 0 Å². The maximum atomic E-state index is 5.49. The molecule has 0 fully saturated rings. The number of rotatable bonds is 5. The normalized spacial score (nSPS) is 13.9. The molecule has 0 saturated heterocycles. The van der Waals surface area contributed by atoms with Crippen molar-refractivity contribution in [2.24, 2.45) is 13.0 Å². The van der Waals surface area contributed by atoms with Crippen molar-refractivity contribution in [2.45, 2.75) is 33.6 Å². The van der Waals surface area contributed by atoms with Crippen molar-refractivity contribution in [3.63, 3.8) is 0 Å². The number of benzene rings is 1. The highest BCUT2D eigenvalue weighted by Gasteiger charge is 2.15. The first kappa shape index (κ1) is 14.3. The SMILES string of the molecule is CC(C)CNCc1cn(C)nc1-c1ccc2c(c1)COC2. The molecule has 0 unspecified atom stereocenters. The Kier molecular flexibility index (Phi) is 4.08. The lowest BCUT2D eigenvalue weighted by atomic mass is 10.0. The Morgan fingerprint density at radius 2 is 2.10 bits per heavy atom. The number of hydrogen-bond donors (Lipinski definition) is 1. The van der Waals surface area contributed by atoms with Crippen LogP contribution in [0.15, 0.2) is 24.4 Å². The van der Waals surface area contributed by atoms with Crippen LogP contribution in [0, 0.1) is 5.92 Å². The van der Waals surface area contributed by atoms with E-state index < -0.39 is 0 Å². The highest BCUT2D eigenvalue weighted by molar-refractivity contribution is 5.64. The van der Waals surface area contributed by atoms with Gasteiger partial charge in [0.1, 0.15) is 0 Å². The number of aromatic nitrogens is 2. The highest BCUT2D eigenvalue weighted by Crippen LogP contribution is 2.28. The quantitative estimate of drug-likeness (QED) is 0.918. The Labute approximate surface area is 126 Å². The summed E-state index contributed by atoms with van der Waals surface area (Å²) in [7, 11) is 1.98. The van der Waals surface area contributed by atoms with Crippen molar-refractivity contribution < 1.29 is 4.74 Å². The largest absolute Gasteiger partial charge is 0.372 e. The molecule has 0 atom stereocenters. The van der Waals surface area contributed by atoms with Crippen molar-refractivity contribution in [3.05, 3.63) is 41.1 Å². The first-order valence-electron chi connectivity index (χ1n) is 7.56. The highest BCUT2D eigenvalue weighted by atomic mass is 16.5. The first-order chi connectivity index (χ1) is 10.1. The lowest BCUT2D eigenvalue weighted by Gasteiger charge is -2.08. The molecule has 1 aliphatic heterocycles. The van der Waals surface area contributed by atoms with E-state index in [0.29, 0.717) is 5.92 Å². The molecule has 1 aromatic heterocycles. The summed E-state index contributed by atoms with van der Waals surface area (Å²) in [5.41, 5.74) is 6.09. The number of nitrogens with zero attached hydrogens (tertiary/aromatic N) is 2. The number of ether oxygens (including phenoxy) is 1. The van der Waals surface area contributed by atoms with Gasteiger partial charge >= 0.3 is 0 Å². The molecule has 2 heterocycles. The van der Waals surface area contributed by atoms with E-state index >= 15 is 0 Å². The van der Waals surface area contributed by atoms with E-state index in [1.54, 1.807) is 0 Å². The van der Waals surface area contributed by atoms with Crippen LogP contribution in [-0.4, -0.2) is 16.3 Å². The summed E-state index contributed by atoms with van der Waals surface area (Å²) >= 11 is 0. The Balaban J connectivity index is 1.84. The molecular weight excluding hydrogens is 262 g/mol. The van der Waals surface area contributed by atoms with Gasteiger partial charge in [0, 0.05) is 30.9 Å². The van der Waals surface area contributed by atoms with Crippen LogP contribution in [0.4, 0.5) is 0 Å². The van der Waals surface area contributed by atoms with Crippen molar-refractivity contribution in [2.75, 3.05) is 6.54 Å². The van der Waals surface area contributed by atoms with Crippen molar-refractivity contribution in [1.82, 2.24) is 15.1 Å². The topological polar surface area (TPSA) is 39.1 Å². The van der Waals surface area contributed by atoms with E-state index in [1.165, 1.54) is 22.3 Å². The molecular formula is C17H23N3O. The monoisotopic (exact) mass is 285 g/mol. The van der Waals surface area contributed by atoms with Gasteiger partial charge in [-0.25, -0.2) is 0 Å². The fraction of sp³-hybridized carbons (Fsp3) is 0.471. The third kappa shape index (κ3) is 3.17. The minimum absolute atomic E-state index is 0.655. The first-order valence-corrected chi connectivity index (χ1v) is 7.56. The maximum Gasteiger partial charge on any atom is 0.0968 e. The van der Waals surface area contributed by atoms with Crippen LogP contribution in [-0.2, 0) is 31.5 Å². The smallest absolute Gasteiger partial charge is 0.0968 e. The summed E-state index contributed by atoms with van der Waals surface area (Å²) < 4.78 is 7.39. The van der Waals surface area contributed by atoms with Crippen LogP contribution < -0.4 is 5.32 Å². The average Bonchev–Trinajstić information content (AvgIpc) is 3.03. The van der Waals surface area contributed by atoms with Crippen LogP contribution in [0.1, 0.15) is 30.5 Å². The maximum absolute atomic E-state index is 5.49. The van der Waals surface area contributed by atoms with Crippen molar-refractivity contribution in [3.8, 4) is 11.3 Å². The fourth-order valence-corrected chi connectivity index (χ4v) is 2.72. The third-order valence-electron chi connectivity index (χ3n) is 3.77. The fourth-order valence-electron chi connectivity index (χ4n) is 2.72. The second-order valence-electron chi connectivity index (χ2n) is 6.18. The molecule has 1 aromatic carbocycles. The predicted octanol–water partition coefficient (Wildman–Crippen LogP) is 2.86. The molecule has 112 valence electrons. The van der Waals surface area contributed by atoms with E-state index in [1.807, 2.05) is 11.7 Å². The molecule has 4 nitrogen and oxygen atoms in total. The molecule has 0 aliphatic carbocycles. The number of nitrogens with one attached hydrogen (secondary N) is 1. The molecule has 0 saturated carbocycles. The molecule has 4 heteroatoms. The number of hydrogen-bond acceptors (Lipinski definition) is 3. The zero-order valence-corrected chi connectivity index (χ0v) is 13.0. The standard InChI is InChI=1S/C17H23N3O/c1-12(2)7-18-8-16-9-20(3)19-17(16)13-4-5-14-10-21-11-15(14)6-13/h4-6,9,12,18H,7-8,10-11H2,1-3H3. The zero-order chi connectivity index (χ0) is 14.8. The molecule has 0 radical (unpaired) electrons. The second-order valence-corrected chi connectivity index (χ2v) is 6.18. The number of fused-ring (bicyclic) bond motifs is 1. The van der Waals surface area contributed by atoms with Crippen LogP contribution in [0.25, 0.3) is 11.3 Å². The minimum Gasteiger partial charge on any atom is -0.372 e. The van der Waals surface area contributed by atoms with E-state index in [-0.39, 0.29) is 0 Å². The average molecular weight is 285 g/mol. The van der Waals surface area contributed by atoms with Gasteiger partial charge in [0.2, 0.25) is 0 Å². The van der Waals surface area contributed by atoms with Crippen LogP contribution in [0.2, 0.25) is 0 Å². The van der Waals surface area contributed by atoms with E-state index in [9.17, 15) is 0 Å². The van der Waals surface area contributed by atoms with Gasteiger partial charge in [-0.3, -0.25) is 4.68 Å². The van der Waals surface area contributed by atoms with Gasteiger partial charge in [-0.05, 0) is 29.7 Å². The lowest BCUT2D eigenvalue weighted by Crippen LogP contribution is -2.19. The molecule has 1 aliphatic rings. The Morgan fingerprint density at radius 1 is 1.29 bits per heavy atom. The summed E-state index contributed by atoms with van der Waals surface area (Å²) in [6, 6.07) is 6.54. The summed E-state index contributed by atoms with van der Waals surface area (Å²) in [6.07, 6.45) is 2.10. The summed E-state index contributed by atoms with van der Waals surface area (Å²) in [4.78, 5) is 0. The molecule has 21 heavy (non-hydrogen) atoms. The molecule has 1 N–H and O–H groups in total. The second kappa shape index (κ2) is 6.00. The van der Waals surface area contributed by atoms with Crippen LogP contribution in [0.3, 0.4) is 0 Å². The van der Waals surface area contributed by atoms with Gasteiger partial charge in [-0.1, -0.05) is 26.0 Å². The van der Waals surface area contributed by atoms with Gasteiger partial charge in [-0.15, -0.1) is 0 Å². The van der Waals surface area contributed by atoms with Gasteiger partial charge in [0.05, 0.1) is 18.9 Å². The van der Waals surface area contributed by atoms with E-state index in [0.717, 1.165) is 32.0 Å². The van der Waals surface area contributed by atoms with E-state index in [4.69, 9.17) is 4.74 Å². The summed E-state index contributed by atoms with van der Waals surface area (Å²) in [5, 5.41) is 8.14. The van der Waals surface area contributed by atoms with E-state index in [2.05, 4.69) is 48.7 Å². The molecule has 0 amide bonds. The Hall–Kier alpha value is -1.65. The van der Waals surface area contributed by atoms with Crippen molar-refractivity contribution >= 4 is 0 Å². The van der Waals surface area contributed by atoms with Gasteiger partial charge < -0.3 is 10.1 Å². The van der Waals surface area contributed by atoms with Gasteiger partial charge in [0.15, 0.2) is 0 Å². The minimum atomic E-state index is 0.655. The molecule has 0 spiro atoms.